The third-order valence-corrected chi connectivity index (χ3v) is 5.05. The van der Waals surface area contributed by atoms with Crippen LogP contribution in [0.4, 0.5) is 5.69 Å². The van der Waals surface area contributed by atoms with Gasteiger partial charge in [0.15, 0.2) is 0 Å². The summed E-state index contributed by atoms with van der Waals surface area (Å²) in [5, 5.41) is 5.42. The summed E-state index contributed by atoms with van der Waals surface area (Å²) in [6, 6.07) is 12.4. The quantitative estimate of drug-likeness (QED) is 0.940. The Morgan fingerprint density at radius 2 is 2.19 bits per heavy atom. The van der Waals surface area contributed by atoms with E-state index in [0.717, 1.165) is 18.5 Å². The topological polar surface area (TPSA) is 32.3 Å². The van der Waals surface area contributed by atoms with E-state index in [9.17, 15) is 4.79 Å². The summed E-state index contributed by atoms with van der Waals surface area (Å²) in [6.45, 7) is 2.11. The molecule has 0 spiro atoms. The van der Waals surface area contributed by atoms with E-state index in [1.54, 1.807) is 11.3 Å². The lowest BCUT2D eigenvalue weighted by molar-refractivity contribution is -0.132. The van der Waals surface area contributed by atoms with E-state index < -0.39 is 0 Å². The second-order valence-electron chi connectivity index (χ2n) is 5.64. The molecule has 2 atom stereocenters. The predicted octanol–water partition coefficient (Wildman–Crippen LogP) is 3.17. The van der Waals surface area contributed by atoms with Crippen molar-refractivity contribution in [3.63, 3.8) is 0 Å². The van der Waals surface area contributed by atoms with Crippen LogP contribution in [0.1, 0.15) is 17.4 Å². The van der Waals surface area contributed by atoms with E-state index in [1.165, 1.54) is 10.4 Å². The minimum Gasteiger partial charge on any atom is -0.373 e. The normalized spacial score (nSPS) is 17.9. The largest absolute Gasteiger partial charge is 0.373 e. The maximum absolute atomic E-state index is 12.7. The van der Waals surface area contributed by atoms with E-state index >= 15 is 0 Å². The molecule has 3 nitrogen and oxygen atoms in total. The van der Waals surface area contributed by atoms with Crippen LogP contribution in [0.15, 0.2) is 41.8 Å². The fraction of sp³-hybridized carbons (Fsp3) is 0.353. The number of carbonyl (C=O) groups is 1. The summed E-state index contributed by atoms with van der Waals surface area (Å²) < 4.78 is 0. The molecule has 1 aliphatic heterocycles. The zero-order valence-corrected chi connectivity index (χ0v) is 13.2. The first kappa shape index (κ1) is 14.1. The fourth-order valence-corrected chi connectivity index (χ4v) is 3.59. The molecule has 1 amide bonds. The number of carbonyl (C=O) groups excluding carboxylic acids is 1. The monoisotopic (exact) mass is 300 g/mol. The smallest absolute Gasteiger partial charge is 0.245 e. The van der Waals surface area contributed by atoms with E-state index in [1.807, 2.05) is 30.1 Å². The van der Waals surface area contributed by atoms with Crippen molar-refractivity contribution in [3.05, 3.63) is 52.2 Å². The number of benzene rings is 1. The first-order valence-electron chi connectivity index (χ1n) is 7.28. The molecule has 21 heavy (non-hydrogen) atoms. The lowest BCUT2D eigenvalue weighted by atomic mass is 10.1. The van der Waals surface area contributed by atoms with Crippen LogP contribution in [-0.2, 0) is 17.6 Å². The number of nitrogens with zero attached hydrogens (tertiary/aromatic N) is 1. The second kappa shape index (κ2) is 5.90. The van der Waals surface area contributed by atoms with Gasteiger partial charge in [-0.2, -0.15) is 0 Å². The Bertz CT molecular complexity index is 598. The van der Waals surface area contributed by atoms with Gasteiger partial charge in [-0.25, -0.2) is 0 Å². The molecule has 2 aromatic rings. The van der Waals surface area contributed by atoms with E-state index in [4.69, 9.17) is 0 Å². The third kappa shape index (κ3) is 2.95. The molecule has 0 fully saturated rings. The van der Waals surface area contributed by atoms with Crippen LogP contribution in [0, 0.1) is 0 Å². The zero-order valence-electron chi connectivity index (χ0n) is 12.4. The van der Waals surface area contributed by atoms with Crippen molar-refractivity contribution in [1.82, 2.24) is 4.90 Å². The number of nitrogens with one attached hydrogen (secondary N) is 1. The van der Waals surface area contributed by atoms with Crippen LogP contribution in [0.2, 0.25) is 0 Å². The number of rotatable bonds is 4. The molecule has 1 aliphatic rings. The standard InChI is InChI=1S/C17H20N2OS/c1-12(10-14-7-5-9-21-14)19(2)17(20)16-11-13-6-3-4-8-15(13)18-16/h3-9,12,16,18H,10-11H2,1-2H3. The lowest BCUT2D eigenvalue weighted by Gasteiger charge is -2.27. The summed E-state index contributed by atoms with van der Waals surface area (Å²) >= 11 is 1.75. The minimum atomic E-state index is -0.127. The number of fused-ring (bicyclic) bond motifs is 1. The van der Waals surface area contributed by atoms with Crippen molar-refractivity contribution in [1.29, 1.82) is 0 Å². The zero-order chi connectivity index (χ0) is 14.8. The number of amides is 1. The summed E-state index contributed by atoms with van der Waals surface area (Å²) in [4.78, 5) is 15.9. The number of hydrogen-bond donors (Lipinski definition) is 1. The van der Waals surface area contributed by atoms with Crippen molar-refractivity contribution in [2.45, 2.75) is 31.8 Å². The molecule has 0 bridgehead atoms. The highest BCUT2D eigenvalue weighted by Gasteiger charge is 2.30. The molecule has 0 aliphatic carbocycles. The van der Waals surface area contributed by atoms with Gasteiger partial charge >= 0.3 is 0 Å². The molecule has 2 heterocycles. The van der Waals surface area contributed by atoms with Crippen LogP contribution in [0.25, 0.3) is 0 Å². The Morgan fingerprint density at radius 1 is 1.38 bits per heavy atom. The van der Waals surface area contributed by atoms with Crippen molar-refractivity contribution < 1.29 is 4.79 Å². The fourth-order valence-electron chi connectivity index (χ4n) is 2.77. The molecular weight excluding hydrogens is 280 g/mol. The highest BCUT2D eigenvalue weighted by atomic mass is 32.1. The lowest BCUT2D eigenvalue weighted by Crippen LogP contribution is -2.44. The van der Waals surface area contributed by atoms with Crippen LogP contribution < -0.4 is 5.32 Å². The molecule has 4 heteroatoms. The van der Waals surface area contributed by atoms with Crippen molar-refractivity contribution >= 4 is 22.9 Å². The Hall–Kier alpha value is -1.81. The molecule has 110 valence electrons. The van der Waals surface area contributed by atoms with E-state index in [0.29, 0.717) is 0 Å². The minimum absolute atomic E-state index is 0.127. The molecule has 3 rings (SSSR count). The molecule has 0 saturated carbocycles. The molecule has 1 aromatic carbocycles. The van der Waals surface area contributed by atoms with Crippen molar-refractivity contribution in [2.75, 3.05) is 12.4 Å². The van der Waals surface area contributed by atoms with Gasteiger partial charge in [0, 0.05) is 36.5 Å². The summed E-state index contributed by atoms with van der Waals surface area (Å²) in [5.74, 6) is 0.176. The number of thiophene rings is 1. The number of likely N-dealkylation sites (N-methyl/N-ethyl adjacent to an activating group) is 1. The molecule has 0 saturated heterocycles. The van der Waals surface area contributed by atoms with Gasteiger partial charge in [-0.1, -0.05) is 24.3 Å². The van der Waals surface area contributed by atoms with E-state index in [-0.39, 0.29) is 18.0 Å². The van der Waals surface area contributed by atoms with Crippen molar-refractivity contribution in [3.8, 4) is 0 Å². The Balaban J connectivity index is 1.63. The highest BCUT2D eigenvalue weighted by molar-refractivity contribution is 7.09. The highest BCUT2D eigenvalue weighted by Crippen LogP contribution is 2.26. The van der Waals surface area contributed by atoms with Gasteiger partial charge in [0.05, 0.1) is 0 Å². The van der Waals surface area contributed by atoms with Crippen LogP contribution in [-0.4, -0.2) is 29.9 Å². The van der Waals surface area contributed by atoms with Gasteiger partial charge < -0.3 is 10.2 Å². The number of para-hydroxylation sites is 1. The molecule has 0 radical (unpaired) electrons. The first-order chi connectivity index (χ1) is 10.1. The maximum atomic E-state index is 12.7. The average molecular weight is 300 g/mol. The van der Waals surface area contributed by atoms with Crippen LogP contribution in [0.3, 0.4) is 0 Å². The summed E-state index contributed by atoms with van der Waals surface area (Å²) in [5.41, 5.74) is 2.32. The Labute approximate surface area is 129 Å². The molecule has 1 aromatic heterocycles. The van der Waals surface area contributed by atoms with Crippen molar-refractivity contribution in [2.24, 2.45) is 0 Å². The van der Waals surface area contributed by atoms with Gasteiger partial charge in [-0.3, -0.25) is 4.79 Å². The van der Waals surface area contributed by atoms with Gasteiger partial charge in [0.2, 0.25) is 5.91 Å². The van der Waals surface area contributed by atoms with Gasteiger partial charge in [0.1, 0.15) is 6.04 Å². The van der Waals surface area contributed by atoms with E-state index in [2.05, 4.69) is 35.8 Å². The Morgan fingerprint density at radius 3 is 2.90 bits per heavy atom. The first-order valence-corrected chi connectivity index (χ1v) is 8.16. The predicted molar refractivity (Wildman–Crippen MR) is 87.8 cm³/mol. The number of anilines is 1. The van der Waals surface area contributed by atoms with Gasteiger partial charge in [-0.15, -0.1) is 11.3 Å². The second-order valence-corrected chi connectivity index (χ2v) is 6.67. The van der Waals surface area contributed by atoms with Crippen LogP contribution >= 0.6 is 11.3 Å². The summed E-state index contributed by atoms with van der Waals surface area (Å²) in [6.07, 6.45) is 1.70. The molecule has 1 N–H and O–H groups in total. The maximum Gasteiger partial charge on any atom is 0.245 e. The number of hydrogen-bond acceptors (Lipinski definition) is 3. The summed E-state index contributed by atoms with van der Waals surface area (Å²) in [7, 11) is 1.91. The van der Waals surface area contributed by atoms with Gasteiger partial charge in [-0.05, 0) is 30.0 Å². The molecule has 2 unspecified atom stereocenters. The average Bonchev–Trinajstić information content (AvgIpc) is 3.14. The SMILES string of the molecule is CC(Cc1cccs1)N(C)C(=O)C1Cc2ccccc2N1. The van der Waals surface area contributed by atoms with Gasteiger partial charge in [0.25, 0.3) is 0 Å². The molecular formula is C17H20N2OS. The van der Waals surface area contributed by atoms with Crippen LogP contribution in [0.5, 0.6) is 0 Å². The third-order valence-electron chi connectivity index (χ3n) is 4.15. The Kier molecular flexibility index (Phi) is 3.97.